The standard InChI is InChI=1S/C19H17F2N3O2/c20-14-3-1-2-11(12(14)6-7-25)10-4-5-16-23-19(22)17(24(16)9-10)18(26)13-8-15(13)21/h1-5,9,13,15,25H,6-8,22H2/t13-,15+/m1/s1. The Hall–Kier alpha value is -2.80. The first-order chi connectivity index (χ1) is 12.5. The molecule has 1 saturated carbocycles. The summed E-state index contributed by atoms with van der Waals surface area (Å²) < 4.78 is 29.0. The van der Waals surface area contributed by atoms with Crippen LogP contribution in [0.4, 0.5) is 14.6 Å². The van der Waals surface area contributed by atoms with Crippen LogP contribution in [0.2, 0.25) is 0 Å². The Kier molecular flexibility index (Phi) is 3.96. The third-order valence-electron chi connectivity index (χ3n) is 4.72. The molecule has 2 aromatic heterocycles. The van der Waals surface area contributed by atoms with Crippen LogP contribution in [-0.4, -0.2) is 33.1 Å². The first-order valence-electron chi connectivity index (χ1n) is 8.35. The van der Waals surface area contributed by atoms with E-state index in [1.165, 1.54) is 10.5 Å². The Morgan fingerprint density at radius 2 is 2.12 bits per heavy atom. The molecule has 1 aromatic carbocycles. The van der Waals surface area contributed by atoms with Crippen molar-refractivity contribution in [2.24, 2.45) is 5.92 Å². The molecule has 1 aliphatic rings. The van der Waals surface area contributed by atoms with Gasteiger partial charge in [-0.15, -0.1) is 0 Å². The average Bonchev–Trinajstić information content (AvgIpc) is 3.25. The van der Waals surface area contributed by atoms with Crippen molar-refractivity contribution in [2.45, 2.75) is 19.0 Å². The number of nitrogen functional groups attached to an aromatic ring is 1. The Morgan fingerprint density at radius 1 is 1.35 bits per heavy atom. The number of aliphatic hydroxyl groups excluding tert-OH is 1. The van der Waals surface area contributed by atoms with E-state index in [1.54, 1.807) is 30.5 Å². The summed E-state index contributed by atoms with van der Waals surface area (Å²) in [6, 6.07) is 8.10. The number of ketones is 1. The molecule has 0 radical (unpaired) electrons. The van der Waals surface area contributed by atoms with Crippen molar-refractivity contribution >= 4 is 17.2 Å². The molecule has 0 spiro atoms. The van der Waals surface area contributed by atoms with Gasteiger partial charge in [-0.1, -0.05) is 12.1 Å². The fraction of sp³-hybridized carbons (Fsp3) is 0.263. The lowest BCUT2D eigenvalue weighted by molar-refractivity contribution is 0.0952. The summed E-state index contributed by atoms with van der Waals surface area (Å²) in [5, 5.41) is 9.22. The highest BCUT2D eigenvalue weighted by Crippen LogP contribution is 2.38. The number of carbonyl (C=O) groups excluding carboxylic acids is 1. The number of nitrogens with two attached hydrogens (primary N) is 1. The first kappa shape index (κ1) is 16.7. The second-order valence-electron chi connectivity index (χ2n) is 6.45. The van der Waals surface area contributed by atoms with E-state index in [2.05, 4.69) is 4.98 Å². The molecule has 26 heavy (non-hydrogen) atoms. The molecule has 1 aliphatic carbocycles. The predicted octanol–water partition coefficient (Wildman–Crippen LogP) is 2.80. The molecular formula is C19H17F2N3O2. The molecule has 3 aromatic rings. The number of alkyl halides is 1. The number of aliphatic hydroxyl groups is 1. The highest BCUT2D eigenvalue weighted by molar-refractivity contribution is 6.03. The largest absolute Gasteiger partial charge is 0.396 e. The number of rotatable bonds is 5. The van der Waals surface area contributed by atoms with Crippen LogP contribution < -0.4 is 5.73 Å². The quantitative estimate of drug-likeness (QED) is 0.688. The molecule has 1 fully saturated rings. The van der Waals surface area contributed by atoms with Crippen LogP contribution >= 0.6 is 0 Å². The Labute approximate surface area is 148 Å². The minimum absolute atomic E-state index is 0.0565. The number of pyridine rings is 1. The molecule has 0 bridgehead atoms. The van der Waals surface area contributed by atoms with Gasteiger partial charge >= 0.3 is 0 Å². The maximum atomic E-state index is 14.2. The lowest BCUT2D eigenvalue weighted by Gasteiger charge is -2.11. The summed E-state index contributed by atoms with van der Waals surface area (Å²) in [5.41, 5.74) is 8.17. The molecule has 0 unspecified atom stereocenters. The molecular weight excluding hydrogens is 340 g/mol. The Morgan fingerprint density at radius 3 is 2.81 bits per heavy atom. The highest BCUT2D eigenvalue weighted by Gasteiger charge is 2.45. The maximum Gasteiger partial charge on any atom is 0.189 e. The van der Waals surface area contributed by atoms with Gasteiger partial charge in [0.15, 0.2) is 11.6 Å². The van der Waals surface area contributed by atoms with E-state index in [4.69, 9.17) is 5.73 Å². The number of hydrogen-bond donors (Lipinski definition) is 2. The highest BCUT2D eigenvalue weighted by atomic mass is 19.1. The number of nitrogens with zero attached hydrogens (tertiary/aromatic N) is 2. The van der Waals surface area contributed by atoms with Gasteiger partial charge in [-0.2, -0.15) is 0 Å². The number of hydrogen-bond acceptors (Lipinski definition) is 4. The van der Waals surface area contributed by atoms with Crippen LogP contribution in [0.1, 0.15) is 22.5 Å². The molecule has 0 aliphatic heterocycles. The van der Waals surface area contributed by atoms with Crippen LogP contribution in [0.25, 0.3) is 16.8 Å². The van der Waals surface area contributed by atoms with Crippen molar-refractivity contribution in [2.75, 3.05) is 12.3 Å². The third kappa shape index (κ3) is 2.64. The summed E-state index contributed by atoms with van der Waals surface area (Å²) in [4.78, 5) is 16.7. The summed E-state index contributed by atoms with van der Waals surface area (Å²) in [6.45, 7) is -0.183. The number of fused-ring (bicyclic) bond motifs is 1. The number of imidazole rings is 1. The van der Waals surface area contributed by atoms with E-state index in [-0.39, 0.29) is 36.7 Å². The van der Waals surface area contributed by atoms with E-state index >= 15 is 0 Å². The third-order valence-corrected chi connectivity index (χ3v) is 4.72. The molecule has 4 rings (SSSR count). The molecule has 5 nitrogen and oxygen atoms in total. The van der Waals surface area contributed by atoms with Gasteiger partial charge in [0.1, 0.15) is 23.3 Å². The summed E-state index contributed by atoms with van der Waals surface area (Å²) >= 11 is 0. The van der Waals surface area contributed by atoms with E-state index < -0.39 is 17.9 Å². The fourth-order valence-corrected chi connectivity index (χ4v) is 3.27. The minimum atomic E-state index is -1.13. The van der Waals surface area contributed by atoms with E-state index in [1.807, 2.05) is 0 Å². The van der Waals surface area contributed by atoms with Crippen molar-refractivity contribution in [3.63, 3.8) is 0 Å². The lowest BCUT2D eigenvalue weighted by atomic mass is 9.98. The van der Waals surface area contributed by atoms with Gasteiger partial charge in [-0.3, -0.25) is 9.20 Å². The summed E-state index contributed by atoms with van der Waals surface area (Å²) in [7, 11) is 0. The molecule has 2 atom stereocenters. The molecule has 7 heteroatoms. The normalized spacial score (nSPS) is 19.0. The van der Waals surface area contributed by atoms with Gasteiger partial charge in [-0.05, 0) is 47.7 Å². The summed E-state index contributed by atoms with van der Waals surface area (Å²) in [5.74, 6) is -1.38. The number of anilines is 1. The fourth-order valence-electron chi connectivity index (χ4n) is 3.27. The zero-order valence-electron chi connectivity index (χ0n) is 13.8. The number of Topliss-reactive ketones (excluding diaryl/α,β-unsaturated/α-hetero) is 1. The van der Waals surface area contributed by atoms with Gasteiger partial charge in [-0.25, -0.2) is 13.8 Å². The van der Waals surface area contributed by atoms with Crippen LogP contribution in [0, 0.1) is 11.7 Å². The monoisotopic (exact) mass is 357 g/mol. The van der Waals surface area contributed by atoms with Crippen LogP contribution in [0.5, 0.6) is 0 Å². The van der Waals surface area contributed by atoms with E-state index in [0.29, 0.717) is 22.3 Å². The predicted molar refractivity (Wildman–Crippen MR) is 93.1 cm³/mol. The van der Waals surface area contributed by atoms with Crippen molar-refractivity contribution in [3.05, 3.63) is 53.6 Å². The molecule has 0 saturated heterocycles. The van der Waals surface area contributed by atoms with E-state index in [9.17, 15) is 18.7 Å². The van der Waals surface area contributed by atoms with Gasteiger partial charge < -0.3 is 10.8 Å². The van der Waals surface area contributed by atoms with Gasteiger partial charge in [0.05, 0.1) is 5.92 Å². The van der Waals surface area contributed by atoms with Crippen molar-refractivity contribution in [1.82, 2.24) is 9.38 Å². The van der Waals surface area contributed by atoms with Gasteiger partial charge in [0, 0.05) is 12.8 Å². The van der Waals surface area contributed by atoms with Crippen molar-refractivity contribution in [1.29, 1.82) is 0 Å². The van der Waals surface area contributed by atoms with Gasteiger partial charge in [0.2, 0.25) is 0 Å². The molecule has 134 valence electrons. The number of benzene rings is 1. The first-order valence-corrected chi connectivity index (χ1v) is 8.35. The average molecular weight is 357 g/mol. The SMILES string of the molecule is Nc1nc2ccc(-c3cccc(F)c3CCO)cn2c1C(=O)[C@@H]1C[C@@H]1F. The Balaban J connectivity index is 1.86. The summed E-state index contributed by atoms with van der Waals surface area (Å²) in [6.07, 6.45) is 0.895. The van der Waals surface area contributed by atoms with Crippen LogP contribution in [0.3, 0.4) is 0 Å². The minimum Gasteiger partial charge on any atom is -0.396 e. The lowest BCUT2D eigenvalue weighted by Crippen LogP contribution is -2.10. The zero-order chi connectivity index (χ0) is 18.4. The molecule has 2 heterocycles. The second-order valence-corrected chi connectivity index (χ2v) is 6.45. The molecule has 0 amide bonds. The second kappa shape index (κ2) is 6.17. The number of halogens is 2. The topological polar surface area (TPSA) is 80.6 Å². The maximum absolute atomic E-state index is 14.2. The number of carbonyl (C=O) groups is 1. The van der Waals surface area contributed by atoms with Gasteiger partial charge in [0.25, 0.3) is 0 Å². The van der Waals surface area contributed by atoms with Crippen LogP contribution in [-0.2, 0) is 6.42 Å². The van der Waals surface area contributed by atoms with E-state index in [0.717, 1.165) is 0 Å². The van der Waals surface area contributed by atoms with Crippen LogP contribution in [0.15, 0.2) is 36.5 Å². The Bertz CT molecular complexity index is 1020. The van der Waals surface area contributed by atoms with Crippen molar-refractivity contribution in [3.8, 4) is 11.1 Å². The number of aromatic nitrogens is 2. The molecule has 3 N–H and O–H groups in total. The zero-order valence-corrected chi connectivity index (χ0v) is 13.8. The van der Waals surface area contributed by atoms with Crippen molar-refractivity contribution < 1.29 is 18.7 Å². The smallest absolute Gasteiger partial charge is 0.189 e.